The van der Waals surface area contributed by atoms with Crippen molar-refractivity contribution in [1.82, 2.24) is 25.6 Å². The smallest absolute Gasteiger partial charge is 0.273 e. The van der Waals surface area contributed by atoms with Crippen molar-refractivity contribution >= 4 is 33.8 Å². The van der Waals surface area contributed by atoms with Gasteiger partial charge < -0.3 is 10.3 Å². The maximum absolute atomic E-state index is 12.5. The molecule has 4 rings (SSSR count). The Morgan fingerprint density at radius 1 is 1.17 bits per heavy atom. The Hall–Kier alpha value is -1.22. The van der Waals surface area contributed by atoms with Crippen LogP contribution in [0, 0.1) is 0 Å². The van der Waals surface area contributed by atoms with Crippen LogP contribution >= 0.6 is 27.9 Å². The number of nitrogens with zero attached hydrogens (tertiary/aromatic N) is 2. The minimum absolute atomic E-state index is 0.0627. The van der Waals surface area contributed by atoms with Gasteiger partial charge in [0.05, 0.1) is 0 Å². The zero-order valence-corrected chi connectivity index (χ0v) is 14.9. The average Bonchev–Trinajstić information content (AvgIpc) is 3.16. The van der Waals surface area contributed by atoms with Crippen molar-refractivity contribution in [2.45, 2.75) is 29.8 Å². The molecule has 2 bridgehead atoms. The molecule has 0 spiro atoms. The van der Waals surface area contributed by atoms with Crippen LogP contribution in [0.25, 0.3) is 0 Å². The fourth-order valence-electron chi connectivity index (χ4n) is 3.33. The number of rotatable bonds is 3. The highest BCUT2D eigenvalue weighted by Crippen LogP contribution is 2.39. The summed E-state index contributed by atoms with van der Waals surface area (Å²) in [5.41, 5.74) is 8.93. The SMILES string of the molecule is O=C(C1=CNNN1)N1CC2CCC(C1)N2Sc1ccc(Br)cc1. The summed E-state index contributed by atoms with van der Waals surface area (Å²) in [4.78, 5) is 15.7. The highest BCUT2D eigenvalue weighted by molar-refractivity contribution is 9.10. The van der Waals surface area contributed by atoms with E-state index >= 15 is 0 Å². The first-order valence-electron chi connectivity index (χ1n) is 7.68. The molecule has 3 aliphatic rings. The van der Waals surface area contributed by atoms with Gasteiger partial charge in [-0.15, -0.1) is 0 Å². The van der Waals surface area contributed by atoms with Crippen LogP contribution in [0.1, 0.15) is 12.8 Å². The quantitative estimate of drug-likeness (QED) is 0.675. The molecule has 0 saturated carbocycles. The minimum Gasteiger partial charge on any atom is -0.334 e. The first-order valence-corrected chi connectivity index (χ1v) is 9.25. The van der Waals surface area contributed by atoms with E-state index in [2.05, 4.69) is 60.9 Å². The van der Waals surface area contributed by atoms with Crippen molar-refractivity contribution in [3.05, 3.63) is 40.6 Å². The van der Waals surface area contributed by atoms with E-state index in [1.807, 2.05) is 16.8 Å². The van der Waals surface area contributed by atoms with E-state index in [0.29, 0.717) is 17.8 Å². The van der Waals surface area contributed by atoms with Gasteiger partial charge in [-0.25, -0.2) is 4.31 Å². The lowest BCUT2D eigenvalue weighted by atomic mass is 10.2. The summed E-state index contributed by atoms with van der Waals surface area (Å²) in [7, 11) is 0. The van der Waals surface area contributed by atoms with E-state index in [4.69, 9.17) is 0 Å². The second-order valence-corrected chi connectivity index (χ2v) is 7.94. The maximum Gasteiger partial charge on any atom is 0.273 e. The third-order valence-electron chi connectivity index (χ3n) is 4.44. The largest absolute Gasteiger partial charge is 0.334 e. The van der Waals surface area contributed by atoms with Gasteiger partial charge in [-0.1, -0.05) is 15.9 Å². The number of piperazine rings is 1. The van der Waals surface area contributed by atoms with Crippen molar-refractivity contribution in [1.29, 1.82) is 0 Å². The van der Waals surface area contributed by atoms with Crippen LogP contribution in [-0.4, -0.2) is 40.3 Å². The summed E-state index contributed by atoms with van der Waals surface area (Å²) in [6.45, 7) is 1.58. The van der Waals surface area contributed by atoms with Crippen molar-refractivity contribution < 1.29 is 4.79 Å². The Labute approximate surface area is 147 Å². The third kappa shape index (κ3) is 3.08. The molecule has 3 aliphatic heterocycles. The van der Waals surface area contributed by atoms with E-state index in [9.17, 15) is 4.79 Å². The molecule has 0 aliphatic carbocycles. The summed E-state index contributed by atoms with van der Waals surface area (Å²) in [6.07, 6.45) is 3.98. The lowest BCUT2D eigenvalue weighted by Crippen LogP contribution is -2.53. The lowest BCUT2D eigenvalue weighted by Gasteiger charge is -2.40. The van der Waals surface area contributed by atoms with Gasteiger partial charge >= 0.3 is 0 Å². The van der Waals surface area contributed by atoms with Gasteiger partial charge in [0, 0.05) is 40.7 Å². The predicted octanol–water partition coefficient (Wildman–Crippen LogP) is 1.59. The van der Waals surface area contributed by atoms with Crippen LogP contribution in [0.15, 0.2) is 45.5 Å². The van der Waals surface area contributed by atoms with Crippen molar-refractivity contribution in [2.75, 3.05) is 13.1 Å². The molecule has 0 aromatic heterocycles. The Kier molecular flexibility index (Phi) is 4.23. The van der Waals surface area contributed by atoms with Crippen molar-refractivity contribution in [2.24, 2.45) is 0 Å². The fourth-order valence-corrected chi connectivity index (χ4v) is 4.74. The zero-order chi connectivity index (χ0) is 15.8. The number of hydrazine groups is 2. The molecule has 8 heteroatoms. The number of likely N-dealkylation sites (tertiary alicyclic amines) is 1. The number of amides is 1. The second kappa shape index (κ2) is 6.35. The molecule has 3 N–H and O–H groups in total. The van der Waals surface area contributed by atoms with Crippen LogP contribution in [0.5, 0.6) is 0 Å². The normalized spacial score (nSPS) is 26.7. The van der Waals surface area contributed by atoms with Crippen LogP contribution in [-0.2, 0) is 4.79 Å². The van der Waals surface area contributed by atoms with Gasteiger partial charge in [0.25, 0.3) is 5.91 Å². The summed E-state index contributed by atoms with van der Waals surface area (Å²) in [6, 6.07) is 9.26. The topological polar surface area (TPSA) is 59.6 Å². The highest BCUT2D eigenvalue weighted by Gasteiger charge is 2.42. The molecule has 1 amide bonds. The number of nitrogens with one attached hydrogen (secondary N) is 3. The van der Waals surface area contributed by atoms with Crippen molar-refractivity contribution in [3.8, 4) is 0 Å². The Morgan fingerprint density at radius 3 is 2.48 bits per heavy atom. The summed E-state index contributed by atoms with van der Waals surface area (Å²) in [5.74, 6) is 0.0627. The van der Waals surface area contributed by atoms with E-state index in [1.165, 1.54) is 4.90 Å². The molecule has 2 fully saturated rings. The molecular formula is C15H18BrN5OS. The standard InChI is InChI=1S/C15H18BrN5OS/c16-10-1-5-13(6-2-10)23-21-11-3-4-12(21)9-20(8-11)15(22)14-7-17-19-18-14/h1-2,5-7,11-12,17-19H,3-4,8-9H2. The van der Waals surface area contributed by atoms with Gasteiger partial charge in [-0.05, 0) is 49.1 Å². The number of fused-ring (bicyclic) bond motifs is 2. The van der Waals surface area contributed by atoms with Crippen LogP contribution in [0.2, 0.25) is 0 Å². The summed E-state index contributed by atoms with van der Waals surface area (Å²) < 4.78 is 3.58. The molecule has 2 unspecified atom stereocenters. The molecule has 1 aromatic rings. The number of carbonyl (C=O) groups excluding carboxylic acids is 1. The molecule has 6 nitrogen and oxygen atoms in total. The summed E-state index contributed by atoms with van der Waals surface area (Å²) in [5, 5.41) is 0. The number of hydrogen-bond donors (Lipinski definition) is 3. The molecule has 23 heavy (non-hydrogen) atoms. The molecule has 2 saturated heterocycles. The van der Waals surface area contributed by atoms with Crippen LogP contribution in [0.3, 0.4) is 0 Å². The number of carbonyl (C=O) groups is 1. The molecule has 1 aromatic carbocycles. The molecule has 2 atom stereocenters. The van der Waals surface area contributed by atoms with Gasteiger partial charge in [0.2, 0.25) is 0 Å². The van der Waals surface area contributed by atoms with E-state index in [0.717, 1.165) is 30.4 Å². The van der Waals surface area contributed by atoms with Gasteiger partial charge in [0.1, 0.15) is 5.70 Å². The predicted molar refractivity (Wildman–Crippen MR) is 92.7 cm³/mol. The molecule has 3 heterocycles. The molecule has 122 valence electrons. The fraction of sp³-hybridized carbons (Fsp3) is 0.400. The maximum atomic E-state index is 12.5. The molecule has 0 radical (unpaired) electrons. The van der Waals surface area contributed by atoms with Gasteiger partial charge in [-0.2, -0.15) is 5.53 Å². The Bertz CT molecular complexity index is 623. The van der Waals surface area contributed by atoms with Crippen molar-refractivity contribution in [3.63, 3.8) is 0 Å². The zero-order valence-electron chi connectivity index (χ0n) is 12.5. The third-order valence-corrected chi connectivity index (χ3v) is 6.26. The molecular weight excluding hydrogens is 378 g/mol. The van der Waals surface area contributed by atoms with Gasteiger partial charge in [-0.3, -0.25) is 10.2 Å². The first-order chi connectivity index (χ1) is 11.2. The minimum atomic E-state index is 0.0627. The first kappa shape index (κ1) is 15.3. The second-order valence-electron chi connectivity index (χ2n) is 5.95. The number of benzene rings is 1. The highest BCUT2D eigenvalue weighted by atomic mass is 79.9. The van der Waals surface area contributed by atoms with E-state index in [-0.39, 0.29) is 5.91 Å². The summed E-state index contributed by atoms with van der Waals surface area (Å²) >= 11 is 5.29. The number of halogens is 1. The average molecular weight is 396 g/mol. The number of hydrogen-bond acceptors (Lipinski definition) is 6. The van der Waals surface area contributed by atoms with Crippen LogP contribution < -0.4 is 16.4 Å². The van der Waals surface area contributed by atoms with E-state index < -0.39 is 0 Å². The Balaban J connectivity index is 1.43. The van der Waals surface area contributed by atoms with E-state index in [1.54, 1.807) is 6.20 Å². The van der Waals surface area contributed by atoms with Gasteiger partial charge in [0.15, 0.2) is 0 Å². The monoisotopic (exact) mass is 395 g/mol. The van der Waals surface area contributed by atoms with Crippen LogP contribution in [0.4, 0.5) is 0 Å². The lowest BCUT2D eigenvalue weighted by molar-refractivity contribution is -0.129. The Morgan fingerprint density at radius 2 is 1.87 bits per heavy atom.